The van der Waals surface area contributed by atoms with Gasteiger partial charge in [0, 0.05) is 16.4 Å². The van der Waals surface area contributed by atoms with E-state index in [1.807, 2.05) is 0 Å². The molecule has 1 aliphatic heterocycles. The second-order valence-electron chi connectivity index (χ2n) is 2.50. The summed E-state index contributed by atoms with van der Waals surface area (Å²) >= 11 is 0. The minimum atomic E-state index is -0.736. The van der Waals surface area contributed by atoms with Gasteiger partial charge in [-0.3, -0.25) is 4.21 Å². The number of hydrogen-bond donors (Lipinski definition) is 1. The van der Waals surface area contributed by atoms with Crippen LogP contribution in [-0.4, -0.2) is 9.96 Å². The molecular weight excluding hydrogens is 146 g/mol. The predicted molar refractivity (Wildman–Crippen MR) is 43.7 cm³/mol. The Morgan fingerprint density at radius 2 is 2.40 bits per heavy atom. The first-order valence-electron chi connectivity index (χ1n) is 3.61. The average Bonchev–Trinajstić information content (AvgIpc) is 2.20. The van der Waals surface area contributed by atoms with Crippen molar-refractivity contribution in [3.8, 4) is 0 Å². The summed E-state index contributed by atoms with van der Waals surface area (Å²) in [5.41, 5.74) is 6.52. The molecule has 0 spiro atoms. The molecule has 0 aliphatic carbocycles. The maximum atomic E-state index is 11.1. The number of allylic oxidation sites excluding steroid dienone is 2. The molecule has 1 aliphatic rings. The zero-order valence-corrected chi connectivity index (χ0v) is 7.04. The van der Waals surface area contributed by atoms with Crippen LogP contribution >= 0.6 is 0 Å². The zero-order valence-electron chi connectivity index (χ0n) is 6.22. The summed E-state index contributed by atoms with van der Waals surface area (Å²) in [6, 6.07) is 0. The summed E-state index contributed by atoms with van der Waals surface area (Å²) < 4.78 is 11.1. The van der Waals surface area contributed by atoms with Crippen LogP contribution in [0.2, 0.25) is 0 Å². The van der Waals surface area contributed by atoms with Crippen LogP contribution in [0, 0.1) is 0 Å². The average molecular weight is 159 g/mol. The summed E-state index contributed by atoms with van der Waals surface area (Å²) in [5, 5.41) is 0. The minimum absolute atomic E-state index is 0.736. The van der Waals surface area contributed by atoms with E-state index in [2.05, 4.69) is 6.92 Å². The van der Waals surface area contributed by atoms with E-state index in [1.54, 1.807) is 0 Å². The smallest absolute Gasteiger partial charge is 0.0509 e. The largest absolute Gasteiger partial charge is 0.401 e. The first kappa shape index (κ1) is 7.79. The van der Waals surface area contributed by atoms with Gasteiger partial charge in [-0.2, -0.15) is 0 Å². The lowest BCUT2D eigenvalue weighted by Gasteiger charge is -1.97. The molecule has 1 atom stereocenters. The van der Waals surface area contributed by atoms with Crippen LogP contribution in [0.15, 0.2) is 10.6 Å². The van der Waals surface area contributed by atoms with Crippen molar-refractivity contribution in [3.63, 3.8) is 0 Å². The molecule has 0 aromatic carbocycles. The van der Waals surface area contributed by atoms with E-state index < -0.39 is 10.8 Å². The molecule has 0 saturated heterocycles. The Kier molecular flexibility index (Phi) is 2.49. The van der Waals surface area contributed by atoms with Gasteiger partial charge in [-0.05, 0) is 12.8 Å². The molecule has 0 amide bonds. The molecule has 3 heteroatoms. The van der Waals surface area contributed by atoms with Gasteiger partial charge in [-0.15, -0.1) is 0 Å². The van der Waals surface area contributed by atoms with Crippen LogP contribution in [0.25, 0.3) is 0 Å². The van der Waals surface area contributed by atoms with E-state index in [4.69, 9.17) is 5.73 Å². The van der Waals surface area contributed by atoms with Gasteiger partial charge in [-0.1, -0.05) is 13.3 Å². The lowest BCUT2D eigenvalue weighted by molar-refractivity contribution is 0.686. The normalized spacial score (nSPS) is 25.9. The van der Waals surface area contributed by atoms with E-state index in [-0.39, 0.29) is 0 Å². The van der Waals surface area contributed by atoms with Crippen molar-refractivity contribution in [2.75, 3.05) is 5.75 Å². The van der Waals surface area contributed by atoms with Crippen LogP contribution in [0.5, 0.6) is 0 Å². The zero-order chi connectivity index (χ0) is 7.56. The van der Waals surface area contributed by atoms with E-state index in [0.717, 1.165) is 35.6 Å². The fraction of sp³-hybridized carbons (Fsp3) is 0.714. The second kappa shape index (κ2) is 3.19. The Bertz CT molecular complexity index is 186. The topological polar surface area (TPSA) is 43.1 Å². The lowest BCUT2D eigenvalue weighted by atomic mass is 10.2. The van der Waals surface area contributed by atoms with Gasteiger partial charge in [0.2, 0.25) is 0 Å². The van der Waals surface area contributed by atoms with Crippen molar-refractivity contribution in [1.82, 2.24) is 0 Å². The second-order valence-corrected chi connectivity index (χ2v) is 4.09. The SMILES string of the molecule is CCCC1=C(N)CCS1=O. The third-order valence-corrected chi connectivity index (χ3v) is 3.26. The van der Waals surface area contributed by atoms with E-state index in [0.29, 0.717) is 0 Å². The molecule has 0 radical (unpaired) electrons. The molecule has 0 aromatic rings. The van der Waals surface area contributed by atoms with Crippen LogP contribution in [0.3, 0.4) is 0 Å². The highest BCUT2D eigenvalue weighted by atomic mass is 32.2. The predicted octanol–water partition coefficient (Wildman–Crippen LogP) is 1.11. The molecule has 1 heterocycles. The molecule has 10 heavy (non-hydrogen) atoms. The number of hydrogen-bond acceptors (Lipinski definition) is 2. The Labute approximate surface area is 63.9 Å². The molecule has 1 rings (SSSR count). The molecule has 2 nitrogen and oxygen atoms in total. The highest BCUT2D eigenvalue weighted by Gasteiger charge is 2.17. The van der Waals surface area contributed by atoms with Crippen LogP contribution in [-0.2, 0) is 10.8 Å². The summed E-state index contributed by atoms with van der Waals surface area (Å²) in [6.45, 7) is 2.08. The molecule has 58 valence electrons. The summed E-state index contributed by atoms with van der Waals surface area (Å²) in [6.07, 6.45) is 2.79. The van der Waals surface area contributed by atoms with E-state index in [9.17, 15) is 4.21 Å². The summed E-state index contributed by atoms with van der Waals surface area (Å²) in [5.74, 6) is 0.751. The van der Waals surface area contributed by atoms with Crippen molar-refractivity contribution < 1.29 is 4.21 Å². The van der Waals surface area contributed by atoms with Crippen LogP contribution in [0.1, 0.15) is 26.2 Å². The number of nitrogens with two attached hydrogens (primary N) is 1. The third kappa shape index (κ3) is 1.40. The molecule has 0 bridgehead atoms. The van der Waals surface area contributed by atoms with Gasteiger partial charge in [-0.25, -0.2) is 0 Å². The van der Waals surface area contributed by atoms with Crippen LogP contribution < -0.4 is 5.73 Å². The number of rotatable bonds is 2. The molecule has 0 aromatic heterocycles. The van der Waals surface area contributed by atoms with Crippen molar-refractivity contribution in [3.05, 3.63) is 10.6 Å². The monoisotopic (exact) mass is 159 g/mol. The van der Waals surface area contributed by atoms with Gasteiger partial charge in [0.1, 0.15) is 0 Å². The van der Waals surface area contributed by atoms with Gasteiger partial charge in [0.05, 0.1) is 10.8 Å². The Morgan fingerprint density at radius 1 is 1.70 bits per heavy atom. The van der Waals surface area contributed by atoms with Gasteiger partial charge >= 0.3 is 0 Å². The highest BCUT2D eigenvalue weighted by molar-refractivity contribution is 7.89. The molecule has 1 unspecified atom stereocenters. The van der Waals surface area contributed by atoms with Crippen molar-refractivity contribution in [1.29, 1.82) is 0 Å². The van der Waals surface area contributed by atoms with Crippen molar-refractivity contribution in [2.24, 2.45) is 5.73 Å². The Balaban J connectivity index is 2.68. The quantitative estimate of drug-likeness (QED) is 0.656. The maximum Gasteiger partial charge on any atom is 0.0509 e. The Hall–Kier alpha value is -0.310. The first-order valence-corrected chi connectivity index (χ1v) is 4.93. The Morgan fingerprint density at radius 3 is 2.80 bits per heavy atom. The first-order chi connectivity index (χ1) is 4.75. The van der Waals surface area contributed by atoms with Gasteiger partial charge in [0.25, 0.3) is 0 Å². The minimum Gasteiger partial charge on any atom is -0.401 e. The fourth-order valence-electron chi connectivity index (χ4n) is 1.11. The van der Waals surface area contributed by atoms with Gasteiger partial charge < -0.3 is 5.73 Å². The standard InChI is InChI=1S/C7H13NOS/c1-2-3-7-6(8)4-5-10(7)9/h2-5,8H2,1H3. The lowest BCUT2D eigenvalue weighted by Crippen LogP contribution is -1.96. The summed E-state index contributed by atoms with van der Waals surface area (Å²) in [4.78, 5) is 1.00. The summed E-state index contributed by atoms with van der Waals surface area (Å²) in [7, 11) is -0.736. The van der Waals surface area contributed by atoms with Crippen molar-refractivity contribution in [2.45, 2.75) is 26.2 Å². The highest BCUT2D eigenvalue weighted by Crippen LogP contribution is 2.22. The third-order valence-electron chi connectivity index (χ3n) is 1.67. The molecule has 2 N–H and O–H groups in total. The van der Waals surface area contributed by atoms with Gasteiger partial charge in [0.15, 0.2) is 0 Å². The molecule has 0 saturated carbocycles. The van der Waals surface area contributed by atoms with E-state index in [1.165, 1.54) is 0 Å². The maximum absolute atomic E-state index is 11.1. The molecule has 0 fully saturated rings. The van der Waals surface area contributed by atoms with Crippen molar-refractivity contribution >= 4 is 10.8 Å². The van der Waals surface area contributed by atoms with Crippen LogP contribution in [0.4, 0.5) is 0 Å². The fourth-order valence-corrected chi connectivity index (χ4v) is 2.59. The molecular formula is C7H13NOS. The van der Waals surface area contributed by atoms with E-state index >= 15 is 0 Å².